The molecule has 1 aliphatic heterocycles. The summed E-state index contributed by atoms with van der Waals surface area (Å²) in [5.41, 5.74) is 5.67. The van der Waals surface area contributed by atoms with Gasteiger partial charge in [-0.05, 0) is 6.42 Å². The summed E-state index contributed by atoms with van der Waals surface area (Å²) in [6.45, 7) is 7.22. The van der Waals surface area contributed by atoms with Gasteiger partial charge in [-0.25, -0.2) is 18.4 Å². The number of anilines is 2. The second kappa shape index (κ2) is 5.20. The van der Waals surface area contributed by atoms with E-state index in [1.165, 1.54) is 0 Å². The average molecular weight is 298 g/mol. The van der Waals surface area contributed by atoms with Crippen molar-refractivity contribution in [1.82, 2.24) is 9.97 Å². The Morgan fingerprint density at radius 2 is 1.90 bits per heavy atom. The summed E-state index contributed by atoms with van der Waals surface area (Å²) in [5, 5.41) is 0. The van der Waals surface area contributed by atoms with Gasteiger partial charge in [-0.15, -0.1) is 0 Å². The molecule has 1 fully saturated rings. The molecular weight excluding hydrogens is 276 g/mol. The van der Waals surface area contributed by atoms with Crippen LogP contribution in [0.2, 0.25) is 0 Å². The van der Waals surface area contributed by atoms with E-state index < -0.39 is 9.84 Å². The standard InChI is InChI=1S/C13H22N4O2S/c1-13(2,3)12-15-10(14)9-11(16-12)17-5-4-7-20(18,19)8-6-17/h9H,4-8H2,1-3H3,(H2,14,15,16). The largest absolute Gasteiger partial charge is 0.384 e. The number of nitrogens with two attached hydrogens (primary N) is 1. The first-order valence-corrected chi connectivity index (χ1v) is 8.60. The molecule has 0 aromatic carbocycles. The Morgan fingerprint density at radius 1 is 1.20 bits per heavy atom. The van der Waals surface area contributed by atoms with Gasteiger partial charge < -0.3 is 10.6 Å². The van der Waals surface area contributed by atoms with Crippen LogP contribution < -0.4 is 10.6 Å². The second-order valence-electron chi connectivity index (χ2n) is 6.22. The molecule has 0 atom stereocenters. The Morgan fingerprint density at radius 3 is 2.55 bits per heavy atom. The minimum Gasteiger partial charge on any atom is -0.384 e. The van der Waals surface area contributed by atoms with E-state index in [1.807, 2.05) is 25.7 Å². The van der Waals surface area contributed by atoms with Gasteiger partial charge in [-0.1, -0.05) is 20.8 Å². The van der Waals surface area contributed by atoms with Gasteiger partial charge in [0.2, 0.25) is 0 Å². The molecule has 2 heterocycles. The van der Waals surface area contributed by atoms with E-state index >= 15 is 0 Å². The number of hydrogen-bond donors (Lipinski definition) is 1. The lowest BCUT2D eigenvalue weighted by Gasteiger charge is -2.24. The molecule has 112 valence electrons. The van der Waals surface area contributed by atoms with E-state index in [0.29, 0.717) is 31.2 Å². The molecule has 0 radical (unpaired) electrons. The highest BCUT2D eigenvalue weighted by Crippen LogP contribution is 2.23. The lowest BCUT2D eigenvalue weighted by molar-refractivity contribution is 0.545. The molecule has 0 aliphatic carbocycles. The Bertz CT molecular complexity index is 593. The molecule has 2 rings (SSSR count). The fourth-order valence-corrected chi connectivity index (χ4v) is 3.39. The van der Waals surface area contributed by atoms with Crippen molar-refractivity contribution in [3.63, 3.8) is 0 Å². The third kappa shape index (κ3) is 3.59. The van der Waals surface area contributed by atoms with Crippen molar-refractivity contribution in [1.29, 1.82) is 0 Å². The molecule has 0 amide bonds. The zero-order valence-corrected chi connectivity index (χ0v) is 13.1. The molecule has 1 aromatic rings. The molecule has 1 aliphatic rings. The molecule has 1 aromatic heterocycles. The van der Waals surface area contributed by atoms with Gasteiger partial charge in [0.25, 0.3) is 0 Å². The van der Waals surface area contributed by atoms with Crippen LogP contribution >= 0.6 is 0 Å². The lowest BCUT2D eigenvalue weighted by Crippen LogP contribution is -2.29. The summed E-state index contributed by atoms with van der Waals surface area (Å²) < 4.78 is 23.3. The molecule has 0 bridgehead atoms. The van der Waals surface area contributed by atoms with Crippen LogP contribution in [0.3, 0.4) is 0 Å². The number of nitrogens with zero attached hydrogens (tertiary/aromatic N) is 3. The summed E-state index contributed by atoms with van der Waals surface area (Å²) in [5.74, 6) is 2.24. The topological polar surface area (TPSA) is 89.2 Å². The van der Waals surface area contributed by atoms with E-state index in [2.05, 4.69) is 9.97 Å². The third-order valence-corrected chi connectivity index (χ3v) is 5.00. The highest BCUT2D eigenvalue weighted by Gasteiger charge is 2.23. The maximum Gasteiger partial charge on any atom is 0.152 e. The van der Waals surface area contributed by atoms with Crippen molar-refractivity contribution in [2.24, 2.45) is 0 Å². The smallest absolute Gasteiger partial charge is 0.152 e. The molecule has 6 nitrogen and oxygen atoms in total. The van der Waals surface area contributed by atoms with Crippen molar-refractivity contribution in [3.8, 4) is 0 Å². The van der Waals surface area contributed by atoms with Gasteiger partial charge in [0, 0.05) is 24.6 Å². The Balaban J connectivity index is 2.31. The Hall–Kier alpha value is -1.37. The van der Waals surface area contributed by atoms with Crippen LogP contribution in [0.5, 0.6) is 0 Å². The van der Waals surface area contributed by atoms with Crippen LogP contribution in [-0.4, -0.2) is 43.0 Å². The van der Waals surface area contributed by atoms with Crippen LogP contribution in [0.4, 0.5) is 11.6 Å². The number of hydrogen-bond acceptors (Lipinski definition) is 6. The van der Waals surface area contributed by atoms with Crippen LogP contribution in [0, 0.1) is 0 Å². The van der Waals surface area contributed by atoms with Crippen molar-refractivity contribution in [2.45, 2.75) is 32.6 Å². The molecule has 0 spiro atoms. The minimum absolute atomic E-state index is 0.168. The average Bonchev–Trinajstić information content (AvgIpc) is 2.48. The van der Waals surface area contributed by atoms with Crippen LogP contribution in [0.25, 0.3) is 0 Å². The fraction of sp³-hybridized carbons (Fsp3) is 0.692. The van der Waals surface area contributed by atoms with Crippen molar-refractivity contribution in [2.75, 3.05) is 35.2 Å². The zero-order valence-electron chi connectivity index (χ0n) is 12.3. The van der Waals surface area contributed by atoms with Gasteiger partial charge in [0.05, 0.1) is 11.5 Å². The number of aromatic nitrogens is 2. The van der Waals surface area contributed by atoms with Crippen molar-refractivity contribution < 1.29 is 8.42 Å². The number of nitrogen functional groups attached to an aromatic ring is 1. The molecule has 7 heteroatoms. The first-order valence-electron chi connectivity index (χ1n) is 6.78. The summed E-state index contributed by atoms with van der Waals surface area (Å²) in [4.78, 5) is 10.8. The van der Waals surface area contributed by atoms with Crippen molar-refractivity contribution in [3.05, 3.63) is 11.9 Å². The van der Waals surface area contributed by atoms with E-state index in [0.717, 1.165) is 5.82 Å². The summed E-state index contributed by atoms with van der Waals surface area (Å²) in [6, 6.07) is 1.72. The molecule has 20 heavy (non-hydrogen) atoms. The van der Waals surface area contributed by atoms with E-state index in [-0.39, 0.29) is 16.9 Å². The molecule has 1 saturated heterocycles. The van der Waals surface area contributed by atoms with E-state index in [4.69, 9.17) is 5.73 Å². The van der Waals surface area contributed by atoms with E-state index in [9.17, 15) is 8.42 Å². The van der Waals surface area contributed by atoms with Gasteiger partial charge in [0.1, 0.15) is 17.5 Å². The van der Waals surface area contributed by atoms with Gasteiger partial charge >= 0.3 is 0 Å². The molecule has 0 unspecified atom stereocenters. The predicted octanol–water partition coefficient (Wildman–Crippen LogP) is 0.981. The first kappa shape index (κ1) is 15.0. The zero-order chi connectivity index (χ0) is 15.0. The van der Waals surface area contributed by atoms with Crippen molar-refractivity contribution >= 4 is 21.5 Å². The highest BCUT2D eigenvalue weighted by atomic mass is 32.2. The molecule has 0 saturated carbocycles. The maximum absolute atomic E-state index is 11.7. The third-order valence-electron chi connectivity index (χ3n) is 3.28. The number of rotatable bonds is 1. The highest BCUT2D eigenvalue weighted by molar-refractivity contribution is 7.91. The van der Waals surface area contributed by atoms with E-state index in [1.54, 1.807) is 6.07 Å². The van der Waals surface area contributed by atoms with Crippen LogP contribution in [0.1, 0.15) is 33.0 Å². The lowest BCUT2D eigenvalue weighted by atomic mass is 9.96. The summed E-state index contributed by atoms with van der Waals surface area (Å²) in [6.07, 6.45) is 0.622. The van der Waals surface area contributed by atoms with Crippen LogP contribution in [-0.2, 0) is 15.3 Å². The first-order chi connectivity index (χ1) is 9.17. The molecular formula is C13H22N4O2S. The molecule has 2 N–H and O–H groups in total. The quantitative estimate of drug-likeness (QED) is 0.831. The monoisotopic (exact) mass is 298 g/mol. The maximum atomic E-state index is 11.7. The van der Waals surface area contributed by atoms with Crippen LogP contribution in [0.15, 0.2) is 6.07 Å². The Labute approximate surface area is 120 Å². The number of sulfone groups is 1. The normalized spacial score (nSPS) is 19.6. The second-order valence-corrected chi connectivity index (χ2v) is 8.52. The van der Waals surface area contributed by atoms with Gasteiger partial charge in [-0.2, -0.15) is 0 Å². The predicted molar refractivity (Wildman–Crippen MR) is 80.6 cm³/mol. The van der Waals surface area contributed by atoms with Gasteiger partial charge in [-0.3, -0.25) is 0 Å². The fourth-order valence-electron chi connectivity index (χ4n) is 2.12. The SMILES string of the molecule is CC(C)(C)c1nc(N)cc(N2CCCS(=O)(=O)CC2)n1. The minimum atomic E-state index is -2.93. The Kier molecular flexibility index (Phi) is 3.90. The van der Waals surface area contributed by atoms with Gasteiger partial charge in [0.15, 0.2) is 9.84 Å². The summed E-state index contributed by atoms with van der Waals surface area (Å²) in [7, 11) is -2.93. The summed E-state index contributed by atoms with van der Waals surface area (Å²) >= 11 is 0.